The number of nitrogens with two attached hydrogens (primary N) is 1. The van der Waals surface area contributed by atoms with Gasteiger partial charge in [0.25, 0.3) is 0 Å². The van der Waals surface area contributed by atoms with Crippen LogP contribution >= 0.6 is 15.9 Å². The van der Waals surface area contributed by atoms with E-state index in [0.717, 1.165) is 23.1 Å². The fourth-order valence-corrected chi connectivity index (χ4v) is 2.40. The Labute approximate surface area is 110 Å². The molecule has 2 rings (SSSR count). The summed E-state index contributed by atoms with van der Waals surface area (Å²) in [5, 5.41) is 0. The molecule has 0 saturated heterocycles. The van der Waals surface area contributed by atoms with Crippen LogP contribution in [0, 0.1) is 5.92 Å². The van der Waals surface area contributed by atoms with Crippen molar-refractivity contribution in [3.05, 3.63) is 28.2 Å². The van der Waals surface area contributed by atoms with E-state index >= 15 is 0 Å². The SMILES string of the molecule is CC(N)C(C)C(=O)N1CCc2ccc(Br)cc21. The molecule has 1 aliphatic rings. The lowest BCUT2D eigenvalue weighted by molar-refractivity contribution is -0.122. The predicted octanol–water partition coefficient (Wildman–Crippen LogP) is 2.32. The van der Waals surface area contributed by atoms with E-state index in [1.807, 2.05) is 30.9 Å². The molecule has 4 heteroatoms. The van der Waals surface area contributed by atoms with Gasteiger partial charge < -0.3 is 10.6 Å². The predicted molar refractivity (Wildman–Crippen MR) is 73.0 cm³/mol. The number of hydrogen-bond donors (Lipinski definition) is 1. The number of carbonyl (C=O) groups excluding carboxylic acids is 1. The second-order valence-corrected chi connectivity index (χ2v) is 5.58. The Bertz CT molecular complexity index is 445. The molecule has 17 heavy (non-hydrogen) atoms. The first-order chi connectivity index (χ1) is 8.00. The minimum Gasteiger partial charge on any atom is -0.327 e. The third-order valence-electron chi connectivity index (χ3n) is 3.39. The number of anilines is 1. The zero-order valence-corrected chi connectivity index (χ0v) is 11.7. The van der Waals surface area contributed by atoms with Crippen molar-refractivity contribution in [1.82, 2.24) is 0 Å². The van der Waals surface area contributed by atoms with Gasteiger partial charge in [-0.05, 0) is 31.0 Å². The number of halogens is 1. The van der Waals surface area contributed by atoms with E-state index in [1.54, 1.807) is 0 Å². The van der Waals surface area contributed by atoms with Crippen molar-refractivity contribution in [3.63, 3.8) is 0 Å². The van der Waals surface area contributed by atoms with Crippen LogP contribution in [0.4, 0.5) is 5.69 Å². The normalized spacial score (nSPS) is 17.8. The number of nitrogens with zero attached hydrogens (tertiary/aromatic N) is 1. The van der Waals surface area contributed by atoms with Crippen LogP contribution in [0.5, 0.6) is 0 Å². The third kappa shape index (κ3) is 2.38. The molecule has 92 valence electrons. The van der Waals surface area contributed by atoms with Crippen molar-refractivity contribution in [1.29, 1.82) is 0 Å². The molecule has 0 radical (unpaired) electrons. The number of rotatable bonds is 2. The summed E-state index contributed by atoms with van der Waals surface area (Å²) in [5.41, 5.74) is 8.06. The highest BCUT2D eigenvalue weighted by atomic mass is 79.9. The second kappa shape index (κ2) is 4.78. The Hall–Kier alpha value is -0.870. The van der Waals surface area contributed by atoms with Crippen molar-refractivity contribution in [2.24, 2.45) is 11.7 Å². The Balaban J connectivity index is 2.27. The number of carbonyl (C=O) groups is 1. The van der Waals surface area contributed by atoms with Crippen LogP contribution in [0.15, 0.2) is 22.7 Å². The number of benzene rings is 1. The van der Waals surface area contributed by atoms with Crippen LogP contribution in [0.2, 0.25) is 0 Å². The summed E-state index contributed by atoms with van der Waals surface area (Å²) < 4.78 is 1.00. The van der Waals surface area contributed by atoms with Crippen molar-refractivity contribution in [2.45, 2.75) is 26.3 Å². The van der Waals surface area contributed by atoms with Crippen LogP contribution in [0.1, 0.15) is 19.4 Å². The summed E-state index contributed by atoms with van der Waals surface area (Å²) in [6.07, 6.45) is 0.931. The second-order valence-electron chi connectivity index (χ2n) is 4.66. The van der Waals surface area contributed by atoms with Crippen molar-refractivity contribution in [3.8, 4) is 0 Å². The minimum atomic E-state index is -0.139. The average Bonchev–Trinajstić information content (AvgIpc) is 2.69. The van der Waals surface area contributed by atoms with Gasteiger partial charge in [0, 0.05) is 22.7 Å². The summed E-state index contributed by atoms with van der Waals surface area (Å²) in [7, 11) is 0. The van der Waals surface area contributed by atoms with Crippen LogP contribution in [-0.4, -0.2) is 18.5 Å². The van der Waals surface area contributed by atoms with Crippen LogP contribution in [-0.2, 0) is 11.2 Å². The van der Waals surface area contributed by atoms with Gasteiger partial charge >= 0.3 is 0 Å². The maximum absolute atomic E-state index is 12.3. The van der Waals surface area contributed by atoms with Crippen LogP contribution in [0.3, 0.4) is 0 Å². The lowest BCUT2D eigenvalue weighted by Gasteiger charge is -2.23. The monoisotopic (exact) mass is 296 g/mol. The molecule has 2 N–H and O–H groups in total. The summed E-state index contributed by atoms with van der Waals surface area (Å²) in [6, 6.07) is 5.98. The van der Waals surface area contributed by atoms with Crippen molar-refractivity contribution >= 4 is 27.5 Å². The van der Waals surface area contributed by atoms with E-state index in [9.17, 15) is 4.79 Å². The first kappa shape index (κ1) is 12.6. The maximum Gasteiger partial charge on any atom is 0.231 e. The quantitative estimate of drug-likeness (QED) is 0.910. The molecule has 0 aromatic heterocycles. The standard InChI is InChI=1S/C13H17BrN2O/c1-8(9(2)15)13(17)16-6-5-10-3-4-11(14)7-12(10)16/h3-4,7-9H,5-6,15H2,1-2H3. The van der Waals surface area contributed by atoms with E-state index in [-0.39, 0.29) is 17.9 Å². The number of fused-ring (bicyclic) bond motifs is 1. The first-order valence-electron chi connectivity index (χ1n) is 5.86. The minimum absolute atomic E-state index is 0.112. The fourth-order valence-electron chi connectivity index (χ4n) is 2.05. The molecule has 1 heterocycles. The summed E-state index contributed by atoms with van der Waals surface area (Å²) in [4.78, 5) is 14.1. The van der Waals surface area contributed by atoms with E-state index in [4.69, 9.17) is 5.73 Å². The van der Waals surface area contributed by atoms with E-state index < -0.39 is 0 Å². The molecule has 2 atom stereocenters. The van der Waals surface area contributed by atoms with Gasteiger partial charge in [-0.25, -0.2) is 0 Å². The highest BCUT2D eigenvalue weighted by molar-refractivity contribution is 9.10. The van der Waals surface area contributed by atoms with E-state index in [1.165, 1.54) is 5.56 Å². The largest absolute Gasteiger partial charge is 0.327 e. The first-order valence-corrected chi connectivity index (χ1v) is 6.65. The molecule has 1 aromatic carbocycles. The Morgan fingerprint density at radius 2 is 2.18 bits per heavy atom. The highest BCUT2D eigenvalue weighted by Crippen LogP contribution is 2.32. The van der Waals surface area contributed by atoms with Gasteiger partial charge in [-0.2, -0.15) is 0 Å². The molecule has 1 aromatic rings. The van der Waals surface area contributed by atoms with Gasteiger partial charge in [-0.1, -0.05) is 28.9 Å². The molecule has 0 bridgehead atoms. The Kier molecular flexibility index (Phi) is 3.54. The fraction of sp³-hybridized carbons (Fsp3) is 0.462. The topological polar surface area (TPSA) is 46.3 Å². The van der Waals surface area contributed by atoms with Gasteiger partial charge in [0.15, 0.2) is 0 Å². The highest BCUT2D eigenvalue weighted by Gasteiger charge is 2.29. The van der Waals surface area contributed by atoms with Gasteiger partial charge in [0.1, 0.15) is 0 Å². The summed E-state index contributed by atoms with van der Waals surface area (Å²) in [6.45, 7) is 4.53. The zero-order valence-electron chi connectivity index (χ0n) is 10.1. The molecule has 3 nitrogen and oxygen atoms in total. The smallest absolute Gasteiger partial charge is 0.231 e. The molecule has 1 amide bonds. The third-order valence-corrected chi connectivity index (χ3v) is 3.88. The molecule has 0 aliphatic carbocycles. The van der Waals surface area contributed by atoms with Gasteiger partial charge in [0.2, 0.25) is 5.91 Å². The number of hydrogen-bond acceptors (Lipinski definition) is 2. The molecule has 1 aliphatic heterocycles. The molecule has 0 fully saturated rings. The summed E-state index contributed by atoms with van der Waals surface area (Å²) in [5.74, 6) is -0.0169. The van der Waals surface area contributed by atoms with Crippen LogP contribution in [0.25, 0.3) is 0 Å². The van der Waals surface area contributed by atoms with E-state index in [0.29, 0.717) is 0 Å². The number of amides is 1. The van der Waals surface area contributed by atoms with Crippen LogP contribution < -0.4 is 10.6 Å². The molecular formula is C13H17BrN2O. The van der Waals surface area contributed by atoms with Gasteiger partial charge in [-0.3, -0.25) is 4.79 Å². The van der Waals surface area contributed by atoms with Gasteiger partial charge in [0.05, 0.1) is 5.92 Å². The average molecular weight is 297 g/mol. The maximum atomic E-state index is 12.3. The van der Waals surface area contributed by atoms with E-state index in [2.05, 4.69) is 22.0 Å². The van der Waals surface area contributed by atoms with Crippen molar-refractivity contribution in [2.75, 3.05) is 11.4 Å². The summed E-state index contributed by atoms with van der Waals surface area (Å²) >= 11 is 3.44. The zero-order chi connectivity index (χ0) is 12.6. The lowest BCUT2D eigenvalue weighted by atomic mass is 10.0. The lowest BCUT2D eigenvalue weighted by Crippen LogP contribution is -2.41. The Morgan fingerprint density at radius 1 is 1.47 bits per heavy atom. The molecule has 2 unspecified atom stereocenters. The Morgan fingerprint density at radius 3 is 2.82 bits per heavy atom. The van der Waals surface area contributed by atoms with Gasteiger partial charge in [-0.15, -0.1) is 0 Å². The molecule has 0 spiro atoms. The molecular weight excluding hydrogens is 280 g/mol. The molecule has 0 saturated carbocycles. The van der Waals surface area contributed by atoms with Crippen molar-refractivity contribution < 1.29 is 4.79 Å².